The van der Waals surface area contributed by atoms with Crippen LogP contribution in [0.25, 0.3) is 28.3 Å². The highest BCUT2D eigenvalue weighted by Crippen LogP contribution is 2.36. The summed E-state index contributed by atoms with van der Waals surface area (Å²) in [5, 5.41) is 63.7. The second-order valence-electron chi connectivity index (χ2n) is 36.2. The fourth-order valence-electron chi connectivity index (χ4n) is 19.2. The topological polar surface area (TPSA) is 510 Å². The minimum absolute atomic E-state index is 0.00705. The van der Waals surface area contributed by atoms with Crippen LogP contribution >= 0.6 is 0 Å². The van der Waals surface area contributed by atoms with E-state index in [9.17, 15) is 47.9 Å². The van der Waals surface area contributed by atoms with Gasteiger partial charge in [0.05, 0.1) is 110 Å². The second-order valence-corrected chi connectivity index (χ2v) is 36.2. The summed E-state index contributed by atoms with van der Waals surface area (Å²) in [6.45, 7) is 0. The summed E-state index contributed by atoms with van der Waals surface area (Å²) < 4.78 is 59.2. The fourth-order valence-corrected chi connectivity index (χ4v) is 19.2. The molecule has 0 bridgehead atoms. The molecule has 4 amide bonds. The Morgan fingerprint density at radius 1 is 0.359 bits per heavy atom. The van der Waals surface area contributed by atoms with E-state index >= 15 is 0 Å². The van der Waals surface area contributed by atoms with Crippen LogP contribution in [-0.4, -0.2) is 248 Å². The van der Waals surface area contributed by atoms with Crippen molar-refractivity contribution in [1.29, 1.82) is 0 Å². The first-order valence-electron chi connectivity index (χ1n) is 47.9. The van der Waals surface area contributed by atoms with E-state index in [1.54, 1.807) is 148 Å². The molecule has 7 aliphatic rings. The minimum Gasteiger partial charge on any atom is -0.391 e. The van der Waals surface area contributed by atoms with Gasteiger partial charge in [-0.1, -0.05) is 0 Å². The second kappa shape index (κ2) is 44.5. The molecule has 20 rings (SSSR count). The predicted octanol–water partition coefficient (Wildman–Crippen LogP) is 9.59. The van der Waals surface area contributed by atoms with Gasteiger partial charge in [0.2, 0.25) is 0 Å². The molecule has 13 aromatic rings. The Balaban J connectivity index is 0.000000130. The molecule has 142 heavy (non-hydrogen) atoms. The molecule has 44 nitrogen and oxygen atoms in total. The molecular weight excluding hydrogens is 1830 g/mol. The number of halogens is 1. The van der Waals surface area contributed by atoms with Gasteiger partial charge in [0.1, 0.15) is 97.4 Å². The molecule has 7 saturated carbocycles. The summed E-state index contributed by atoms with van der Waals surface area (Å²) >= 11 is 0. The molecular formula is C97H120FN29O15. The van der Waals surface area contributed by atoms with Gasteiger partial charge in [-0.25, -0.2) is 24.3 Å². The van der Waals surface area contributed by atoms with Crippen LogP contribution in [0.4, 0.5) is 73.7 Å². The molecule has 14 atom stereocenters. The molecule has 0 unspecified atom stereocenters. The van der Waals surface area contributed by atoms with Gasteiger partial charge in [-0.15, -0.1) is 0 Å². The molecule has 7 aliphatic carbocycles. The van der Waals surface area contributed by atoms with Crippen LogP contribution in [0.1, 0.15) is 188 Å². The van der Waals surface area contributed by atoms with Gasteiger partial charge in [-0.3, -0.25) is 47.9 Å². The van der Waals surface area contributed by atoms with Gasteiger partial charge in [0.25, 0.3) is 45.9 Å². The van der Waals surface area contributed by atoms with Crippen LogP contribution in [0.2, 0.25) is 0 Å². The third kappa shape index (κ3) is 21.3. The van der Waals surface area contributed by atoms with Crippen LogP contribution in [0.5, 0.6) is 0 Å². The standard InChI is InChI=1S/2C25H33N7O4.C24H31N7O4.C23H23FN8O3/c2*1-26-22-13-21(28-19-8-5-11-31(25(19)34)15-6-4-7-16(12-15)35-2)30-23-17(14-27-32(22)23)24(33)29-18-9-10-20(18)36-3;1-25-21-12-20(29-22-16(13-26-31(21)22)23(33)28-17-8-9-19(17)32)27-18-7-4-10-30(24(18)34)14-5-3-6-15(11-14)35-2;1-25-20-9-19(28-17-4-3-7-31(23(17)34)14-8-13(24)10-26-11-14)30-21-15(12-27-32(20)21)22(33)29-16-5-6-18(16)35-2/h2*5,8,11,13-16,18,20,26H,4,6-7,9-10,12H2,1-3H3,(H,28,30)(H,29,33);4,7,10,12-15,17,19,25,32H,3,5-6,8-9,11H2,1-2H3,(H,27,29)(H,28,33);3-4,7-12,16,18,25H,5-6H2,1-2H3,(H,28,30)(H,29,33)/t2*15-,16+,18-,20-;14-,15+,17+,19+;16-,18-/m1000/s1. The van der Waals surface area contributed by atoms with E-state index in [1.807, 2.05) is 36.8 Å². The number of aliphatic hydroxyl groups excluding tert-OH is 1. The summed E-state index contributed by atoms with van der Waals surface area (Å²) in [7, 11) is 17.1. The lowest BCUT2D eigenvalue weighted by molar-refractivity contribution is 0.00731. The number of pyridine rings is 5. The Kier molecular flexibility index (Phi) is 31.0. The van der Waals surface area contributed by atoms with Gasteiger partial charge in [-0.2, -0.15) is 38.5 Å². The highest BCUT2D eigenvalue weighted by Gasteiger charge is 2.39. The van der Waals surface area contributed by atoms with Crippen molar-refractivity contribution < 1.29 is 57.1 Å². The lowest BCUT2D eigenvalue weighted by Gasteiger charge is -2.35. The number of carbonyl (C=O) groups excluding carboxylic acids is 4. The number of amides is 4. The summed E-state index contributed by atoms with van der Waals surface area (Å²) in [5.74, 6) is 2.32. The molecule has 0 spiro atoms. The van der Waals surface area contributed by atoms with E-state index in [1.165, 1.54) is 56.8 Å². The Bertz CT molecular complexity index is 6790. The number of rotatable bonds is 30. The number of hydrogen-bond donors (Lipinski definition) is 13. The Hall–Kier alpha value is -14.6. The van der Waals surface area contributed by atoms with Gasteiger partial charge >= 0.3 is 0 Å². The smallest absolute Gasteiger partial charge is 0.278 e. The molecule has 13 heterocycles. The van der Waals surface area contributed by atoms with Crippen molar-refractivity contribution in [2.24, 2.45) is 0 Å². The molecule has 0 aliphatic heterocycles. The molecule has 0 aromatic carbocycles. The minimum atomic E-state index is -0.552. The molecule has 13 aromatic heterocycles. The SMILES string of the molecule is CNc1cc(Nc2cccn(-c3cncc(F)c3)c2=O)nc2c(C(=O)N[C@H]3CC[C@@H]3OC)cnn12.CNc1cc(Nc2cccn([C@@H]3CCC[C@H](OC)C3)c2=O)nc2c(C(=O)N[C@@H]3CC[C@H]3OC)cnn12.CNc1cc(Nc2cccn([C@H]3CCC[C@@H](OC)C3)c2=O)nc2c(C(=O)N[C@@H]3CC[C@H]3O)cnn12.CNc1cc(Nc2cccn([C@H]3CCC[C@@H](OC)C3)c2=O)nc2c(C(=O)N[C@H]3CC[C@@H]3OC)cnn12. The zero-order chi connectivity index (χ0) is 99.5. The number of methoxy groups -OCH3 is 6. The number of fused-ring (bicyclic) bond motifs is 4. The molecule has 45 heteroatoms. The Morgan fingerprint density at radius 2 is 0.662 bits per heavy atom. The van der Waals surface area contributed by atoms with E-state index in [0.29, 0.717) is 115 Å². The number of aliphatic hydroxyl groups is 1. The summed E-state index contributed by atoms with van der Waals surface area (Å²) in [4.78, 5) is 127. The Labute approximate surface area is 814 Å². The van der Waals surface area contributed by atoms with E-state index in [2.05, 4.69) is 109 Å². The van der Waals surface area contributed by atoms with Crippen molar-refractivity contribution >= 4 is 116 Å². The van der Waals surface area contributed by atoms with E-state index in [0.717, 1.165) is 128 Å². The third-order valence-electron chi connectivity index (χ3n) is 27.8. The quantitative estimate of drug-likeness (QED) is 0.0199. The van der Waals surface area contributed by atoms with Gasteiger partial charge in [-0.05, 0) is 177 Å². The van der Waals surface area contributed by atoms with Crippen LogP contribution in [0.15, 0.2) is 160 Å². The zero-order valence-corrected chi connectivity index (χ0v) is 80.6. The molecule has 13 N–H and O–H groups in total. The summed E-state index contributed by atoms with van der Waals surface area (Å²) in [6, 6.07) is 22.0. The molecule has 0 saturated heterocycles. The van der Waals surface area contributed by atoms with Crippen molar-refractivity contribution in [2.75, 3.05) is 113 Å². The first-order valence-corrected chi connectivity index (χ1v) is 47.9. The largest absolute Gasteiger partial charge is 0.391 e. The number of aromatic nitrogens is 17. The fraction of sp³-hybridized carbons (Fsp3) is 0.454. The monoisotopic (exact) mass is 1950 g/mol. The maximum atomic E-state index is 13.6. The first-order chi connectivity index (χ1) is 69.0. The lowest BCUT2D eigenvalue weighted by atomic mass is 9.89. The first kappa shape index (κ1) is 98.9. The number of carbonyl (C=O) groups is 4. The van der Waals surface area contributed by atoms with Crippen molar-refractivity contribution in [2.45, 2.75) is 213 Å². The van der Waals surface area contributed by atoms with Crippen molar-refractivity contribution in [3.8, 4) is 5.69 Å². The molecule has 7 fully saturated rings. The van der Waals surface area contributed by atoms with Gasteiger partial charge < -0.3 is 111 Å². The summed E-state index contributed by atoms with van der Waals surface area (Å²) in [6.07, 6.45) is 33.5. The Morgan fingerprint density at radius 3 is 0.930 bits per heavy atom. The number of nitrogens with zero attached hydrogens (tertiary/aromatic N) is 17. The van der Waals surface area contributed by atoms with E-state index in [4.69, 9.17) is 28.4 Å². The maximum Gasteiger partial charge on any atom is 0.278 e. The van der Waals surface area contributed by atoms with Crippen molar-refractivity contribution in [3.63, 3.8) is 0 Å². The van der Waals surface area contributed by atoms with Crippen molar-refractivity contribution in [3.05, 3.63) is 210 Å². The van der Waals surface area contributed by atoms with Crippen LogP contribution in [0.3, 0.4) is 0 Å². The zero-order valence-electron chi connectivity index (χ0n) is 80.6. The highest BCUT2D eigenvalue weighted by molar-refractivity contribution is 6.03. The van der Waals surface area contributed by atoms with Gasteiger partial charge in [0.15, 0.2) is 22.6 Å². The van der Waals surface area contributed by atoms with E-state index in [-0.39, 0.29) is 131 Å². The number of ether oxygens (including phenoxy) is 6. The molecule has 0 radical (unpaired) electrons. The normalized spacial score (nSPS) is 22.2. The highest BCUT2D eigenvalue weighted by atomic mass is 19.1. The predicted molar refractivity (Wildman–Crippen MR) is 530 cm³/mol. The number of hydrogen-bond acceptors (Lipinski definition) is 32. The van der Waals surface area contributed by atoms with Crippen LogP contribution in [-0.2, 0) is 28.4 Å². The number of anilines is 12. The van der Waals surface area contributed by atoms with Crippen LogP contribution in [0, 0.1) is 5.82 Å². The van der Waals surface area contributed by atoms with Crippen LogP contribution < -0.4 is 86.0 Å². The molecule has 750 valence electrons. The van der Waals surface area contributed by atoms with E-state index < -0.39 is 17.5 Å². The average molecular weight is 1950 g/mol. The van der Waals surface area contributed by atoms with Gasteiger partial charge in [0, 0.05) is 144 Å². The summed E-state index contributed by atoms with van der Waals surface area (Å²) in [5.41, 5.74) is 3.68. The number of nitrogens with one attached hydrogen (secondary N) is 12. The average Bonchev–Trinajstić information content (AvgIpc) is 1.63. The van der Waals surface area contributed by atoms with Crippen molar-refractivity contribution in [1.82, 2.24) is 103 Å². The lowest BCUT2D eigenvalue weighted by Crippen LogP contribution is -2.51. The third-order valence-corrected chi connectivity index (χ3v) is 27.8. The maximum absolute atomic E-state index is 13.6.